The van der Waals surface area contributed by atoms with Crippen molar-refractivity contribution >= 4 is 5.78 Å². The molecule has 1 heterocycles. The van der Waals surface area contributed by atoms with Crippen LogP contribution in [0.1, 0.15) is 47.6 Å². The van der Waals surface area contributed by atoms with E-state index in [0.29, 0.717) is 29.9 Å². The van der Waals surface area contributed by atoms with Gasteiger partial charge in [0.25, 0.3) is 0 Å². The number of hydrogen-bond donors (Lipinski definition) is 1. The maximum atomic E-state index is 13.5. The number of aliphatic hydroxyl groups excluding tert-OH is 1. The smallest absolute Gasteiger partial charge is 0.385 e. The third-order valence-corrected chi connectivity index (χ3v) is 6.47. The van der Waals surface area contributed by atoms with Gasteiger partial charge in [-0.05, 0) is 48.4 Å². The maximum absolute atomic E-state index is 13.5. The first-order valence-electron chi connectivity index (χ1n) is 11.1. The second-order valence-corrected chi connectivity index (χ2v) is 8.98. The van der Waals surface area contributed by atoms with Crippen molar-refractivity contribution in [1.82, 2.24) is 4.90 Å². The lowest BCUT2D eigenvalue weighted by atomic mass is 9.95. The number of likely N-dealkylation sites (tertiary alicyclic amines) is 1. The fraction of sp³-hybridized carbons (Fsp3) is 0.400. The number of halogens is 7. The van der Waals surface area contributed by atoms with Crippen LogP contribution in [0.4, 0.5) is 30.7 Å². The van der Waals surface area contributed by atoms with Crippen LogP contribution in [-0.4, -0.2) is 41.1 Å². The summed E-state index contributed by atoms with van der Waals surface area (Å²) in [6.07, 6.45) is -11.6. The van der Waals surface area contributed by atoms with E-state index >= 15 is 0 Å². The molecule has 1 aliphatic carbocycles. The summed E-state index contributed by atoms with van der Waals surface area (Å²) in [5.41, 5.74) is -1.96. The average Bonchev–Trinajstić information content (AvgIpc) is 3.35. The molecule has 0 spiro atoms. The van der Waals surface area contributed by atoms with Crippen LogP contribution in [0.3, 0.4) is 0 Å². The lowest BCUT2D eigenvalue weighted by molar-refractivity contribution is -0.143. The first-order chi connectivity index (χ1) is 16.7. The van der Waals surface area contributed by atoms with E-state index in [4.69, 9.17) is 4.74 Å². The van der Waals surface area contributed by atoms with Gasteiger partial charge < -0.3 is 14.7 Å². The predicted molar refractivity (Wildman–Crippen MR) is 114 cm³/mol. The van der Waals surface area contributed by atoms with Gasteiger partial charge >= 0.3 is 12.4 Å². The first-order valence-corrected chi connectivity index (χ1v) is 11.1. The molecule has 36 heavy (non-hydrogen) atoms. The first kappa shape index (κ1) is 26.2. The number of benzene rings is 2. The molecule has 4 rings (SSSR count). The third kappa shape index (κ3) is 5.57. The molecule has 4 atom stereocenters. The van der Waals surface area contributed by atoms with E-state index in [9.17, 15) is 40.6 Å². The summed E-state index contributed by atoms with van der Waals surface area (Å²) in [6, 6.07) is 6.86. The number of ketones is 1. The summed E-state index contributed by atoms with van der Waals surface area (Å²) in [5, 5.41) is 9.80. The van der Waals surface area contributed by atoms with E-state index in [0.717, 1.165) is 0 Å². The van der Waals surface area contributed by atoms with Gasteiger partial charge in [-0.3, -0.25) is 4.79 Å². The molecule has 0 aromatic heterocycles. The van der Waals surface area contributed by atoms with Gasteiger partial charge in [0.05, 0.1) is 23.3 Å². The Kier molecular flexibility index (Phi) is 6.91. The number of ether oxygens (including phenoxy) is 1. The van der Waals surface area contributed by atoms with E-state index < -0.39 is 59.3 Å². The highest BCUT2D eigenvalue weighted by molar-refractivity contribution is 5.96. The van der Waals surface area contributed by atoms with Crippen molar-refractivity contribution in [3.8, 4) is 0 Å². The normalized spacial score (nSPS) is 23.8. The van der Waals surface area contributed by atoms with Crippen LogP contribution in [0.15, 0.2) is 54.2 Å². The van der Waals surface area contributed by atoms with Crippen molar-refractivity contribution in [2.45, 2.75) is 49.9 Å². The van der Waals surface area contributed by atoms with E-state index in [-0.39, 0.29) is 24.6 Å². The zero-order valence-electron chi connectivity index (χ0n) is 18.9. The Morgan fingerprint density at radius 3 is 2.06 bits per heavy atom. The Morgan fingerprint density at radius 1 is 0.972 bits per heavy atom. The molecule has 194 valence electrons. The molecule has 1 N–H and O–H groups in total. The molecule has 2 aliphatic rings. The van der Waals surface area contributed by atoms with Crippen molar-refractivity contribution in [1.29, 1.82) is 0 Å². The number of carbonyl (C=O) groups is 1. The van der Waals surface area contributed by atoms with Crippen LogP contribution < -0.4 is 0 Å². The van der Waals surface area contributed by atoms with Crippen molar-refractivity contribution < 1.29 is 45.4 Å². The second kappa shape index (κ2) is 9.51. The van der Waals surface area contributed by atoms with Gasteiger partial charge in [0, 0.05) is 37.2 Å². The molecule has 0 saturated carbocycles. The largest absolute Gasteiger partial charge is 0.416 e. The second-order valence-electron chi connectivity index (χ2n) is 8.98. The van der Waals surface area contributed by atoms with Crippen molar-refractivity contribution in [2.24, 2.45) is 0 Å². The summed E-state index contributed by atoms with van der Waals surface area (Å²) in [5.74, 6) is -1.35. The minimum atomic E-state index is -4.99. The summed E-state index contributed by atoms with van der Waals surface area (Å²) in [4.78, 5) is 13.6. The summed E-state index contributed by atoms with van der Waals surface area (Å²) >= 11 is 0. The molecule has 0 bridgehead atoms. The zero-order chi connectivity index (χ0) is 26.4. The number of hydrogen-bond acceptors (Lipinski definition) is 4. The topological polar surface area (TPSA) is 49.8 Å². The van der Waals surface area contributed by atoms with Crippen molar-refractivity contribution in [3.05, 3.63) is 82.3 Å². The van der Waals surface area contributed by atoms with Gasteiger partial charge in [0.2, 0.25) is 0 Å². The molecule has 0 radical (unpaired) electrons. The van der Waals surface area contributed by atoms with E-state index in [1.165, 1.54) is 37.3 Å². The van der Waals surface area contributed by atoms with Gasteiger partial charge in [0.1, 0.15) is 11.9 Å². The summed E-state index contributed by atoms with van der Waals surface area (Å²) < 4.78 is 99.4. The van der Waals surface area contributed by atoms with Gasteiger partial charge in [-0.2, -0.15) is 26.3 Å². The summed E-state index contributed by atoms with van der Waals surface area (Å²) in [6.45, 7) is 1.83. The minimum Gasteiger partial charge on any atom is -0.385 e. The highest BCUT2D eigenvalue weighted by Gasteiger charge is 2.40. The van der Waals surface area contributed by atoms with E-state index in [2.05, 4.69) is 0 Å². The van der Waals surface area contributed by atoms with Crippen LogP contribution >= 0.6 is 0 Å². The van der Waals surface area contributed by atoms with Crippen LogP contribution in [0.25, 0.3) is 0 Å². The molecular weight excluding hydrogens is 495 g/mol. The minimum absolute atomic E-state index is 0.0593. The monoisotopic (exact) mass is 517 g/mol. The standard InChI is InChI=1S/C25H22F7NO3/c1-13(15-6-16(24(27,28)29)8-17(7-15)25(30,31)32)36-23-12-33(19-9-21(34)22(35)10-19)11-20(23)14-2-4-18(26)5-3-14/h2-9,13,20,22-23,35H,10-12H2,1H3/t13-,20-,22+,23+/m1/s1. The number of nitrogens with zero attached hydrogens (tertiary/aromatic N) is 1. The van der Waals surface area contributed by atoms with Crippen LogP contribution in [-0.2, 0) is 21.9 Å². The van der Waals surface area contributed by atoms with Gasteiger partial charge in [-0.1, -0.05) is 12.1 Å². The van der Waals surface area contributed by atoms with Gasteiger partial charge in [0.15, 0.2) is 5.78 Å². The lowest BCUT2D eigenvalue weighted by Gasteiger charge is -2.25. The van der Waals surface area contributed by atoms with Crippen LogP contribution in [0.2, 0.25) is 0 Å². The number of rotatable bonds is 5. The predicted octanol–water partition coefficient (Wildman–Crippen LogP) is 5.63. The molecule has 1 fully saturated rings. The number of aliphatic hydroxyl groups is 1. The molecular formula is C25H22F7NO3. The highest BCUT2D eigenvalue weighted by Crippen LogP contribution is 2.40. The number of alkyl halides is 6. The Balaban J connectivity index is 1.64. The van der Waals surface area contributed by atoms with E-state index in [1.807, 2.05) is 0 Å². The Morgan fingerprint density at radius 2 is 1.56 bits per heavy atom. The SMILES string of the molecule is C[C@@H](O[C@H]1CN(C2=CC(=O)[C@@H](O)C2)C[C@@H]1c1ccc(F)cc1)c1cc(C(F)(F)F)cc(C(F)(F)F)c1. The fourth-order valence-electron chi connectivity index (χ4n) is 4.57. The lowest BCUT2D eigenvalue weighted by Crippen LogP contribution is -2.25. The fourth-order valence-corrected chi connectivity index (χ4v) is 4.57. The molecule has 11 heteroatoms. The molecule has 0 amide bonds. The molecule has 2 aromatic rings. The van der Waals surface area contributed by atoms with Crippen molar-refractivity contribution in [3.63, 3.8) is 0 Å². The molecule has 0 unspecified atom stereocenters. The number of carbonyl (C=O) groups excluding carboxylic acids is 1. The average molecular weight is 517 g/mol. The maximum Gasteiger partial charge on any atom is 0.416 e. The Labute approximate surface area is 202 Å². The molecule has 4 nitrogen and oxygen atoms in total. The van der Waals surface area contributed by atoms with Crippen molar-refractivity contribution in [2.75, 3.05) is 13.1 Å². The van der Waals surface area contributed by atoms with Gasteiger partial charge in [-0.15, -0.1) is 0 Å². The van der Waals surface area contributed by atoms with Crippen LogP contribution in [0, 0.1) is 5.82 Å². The zero-order valence-corrected chi connectivity index (χ0v) is 18.9. The van der Waals surface area contributed by atoms with Gasteiger partial charge in [-0.25, -0.2) is 4.39 Å². The quantitative estimate of drug-likeness (QED) is 0.523. The molecule has 1 aliphatic heterocycles. The third-order valence-electron chi connectivity index (χ3n) is 6.47. The summed E-state index contributed by atoms with van der Waals surface area (Å²) in [7, 11) is 0. The Bertz CT molecular complexity index is 1130. The van der Waals surface area contributed by atoms with E-state index in [1.54, 1.807) is 4.90 Å². The highest BCUT2D eigenvalue weighted by atomic mass is 19.4. The van der Waals surface area contributed by atoms with Crippen LogP contribution in [0.5, 0.6) is 0 Å². The molecule has 1 saturated heterocycles. The molecule has 2 aromatic carbocycles. The Hall–Kier alpha value is -2.92.